The summed E-state index contributed by atoms with van der Waals surface area (Å²) in [6.07, 6.45) is 4.73. The number of para-hydroxylation sites is 1. The Hall–Kier alpha value is -1.61. The Balaban J connectivity index is 1.66. The molecule has 2 aliphatic rings. The lowest BCUT2D eigenvalue weighted by molar-refractivity contribution is -0.177. The number of fused-ring (bicyclic) bond motifs is 2. The van der Waals surface area contributed by atoms with E-state index in [0.29, 0.717) is 18.1 Å². The van der Waals surface area contributed by atoms with E-state index in [9.17, 15) is 0 Å². The number of nitrogens with zero attached hydrogens (tertiary/aromatic N) is 1. The van der Waals surface area contributed by atoms with Crippen LogP contribution in [0.5, 0.6) is 0 Å². The van der Waals surface area contributed by atoms with Gasteiger partial charge < -0.3 is 10.1 Å². The molecular formula is C18H22N2O. The summed E-state index contributed by atoms with van der Waals surface area (Å²) in [5.41, 5.74) is 2.40. The van der Waals surface area contributed by atoms with Gasteiger partial charge in [-0.25, -0.2) is 0 Å². The summed E-state index contributed by atoms with van der Waals surface area (Å²) in [6.45, 7) is 5.55. The van der Waals surface area contributed by atoms with Crippen LogP contribution in [0.3, 0.4) is 0 Å². The molecule has 0 spiro atoms. The largest absolute Gasteiger partial charge is 0.380 e. The van der Waals surface area contributed by atoms with Gasteiger partial charge in [0, 0.05) is 35.6 Å². The molecule has 2 heterocycles. The molecule has 4 rings (SSSR count). The smallest absolute Gasteiger partial charge is 0.0933 e. The summed E-state index contributed by atoms with van der Waals surface area (Å²) in [7, 11) is 0. The summed E-state index contributed by atoms with van der Waals surface area (Å²) >= 11 is 0. The first-order valence-corrected chi connectivity index (χ1v) is 7.90. The number of nitrogens with one attached hydrogen (secondary N) is 1. The second kappa shape index (κ2) is 4.70. The molecular weight excluding hydrogens is 260 g/mol. The van der Waals surface area contributed by atoms with E-state index in [1.165, 1.54) is 18.2 Å². The molecule has 0 bridgehead atoms. The number of pyridine rings is 1. The van der Waals surface area contributed by atoms with Gasteiger partial charge in [0.2, 0.25) is 0 Å². The van der Waals surface area contributed by atoms with E-state index in [4.69, 9.17) is 4.74 Å². The van der Waals surface area contributed by atoms with Crippen molar-refractivity contribution >= 4 is 16.6 Å². The summed E-state index contributed by atoms with van der Waals surface area (Å²) in [5.74, 6) is 0.632. The van der Waals surface area contributed by atoms with Gasteiger partial charge in [-0.3, -0.25) is 4.98 Å². The SMILES string of the molecule is CC1(C)C(Nc2cccc3cccnc23)C2CCCOC21. The Kier molecular flexibility index (Phi) is 2.93. The third kappa shape index (κ3) is 1.95. The van der Waals surface area contributed by atoms with Gasteiger partial charge in [-0.05, 0) is 25.0 Å². The number of benzene rings is 1. The van der Waals surface area contributed by atoms with Gasteiger partial charge >= 0.3 is 0 Å². The number of anilines is 1. The van der Waals surface area contributed by atoms with E-state index in [2.05, 4.69) is 48.4 Å². The average Bonchev–Trinajstić information content (AvgIpc) is 2.52. The van der Waals surface area contributed by atoms with Crippen molar-refractivity contribution in [3.05, 3.63) is 36.5 Å². The standard InChI is InChI=1S/C18H22N2O/c1-18(2)16(13-8-5-11-21-17(13)18)20-14-9-3-6-12-7-4-10-19-15(12)14/h3-4,6-7,9-10,13,16-17,20H,5,8,11H2,1-2H3. The van der Waals surface area contributed by atoms with E-state index in [1.54, 1.807) is 0 Å². The fraction of sp³-hybridized carbons (Fsp3) is 0.500. The molecule has 0 radical (unpaired) electrons. The van der Waals surface area contributed by atoms with Gasteiger partial charge in [-0.2, -0.15) is 0 Å². The highest BCUT2D eigenvalue weighted by Gasteiger charge is 2.57. The summed E-state index contributed by atoms with van der Waals surface area (Å²) < 4.78 is 5.99. The summed E-state index contributed by atoms with van der Waals surface area (Å²) in [6, 6.07) is 10.9. The lowest BCUT2D eigenvalue weighted by atomic mass is 9.55. The Bertz CT molecular complexity index is 662. The number of rotatable bonds is 2. The van der Waals surface area contributed by atoms with Crippen LogP contribution in [0, 0.1) is 11.3 Å². The molecule has 110 valence electrons. The van der Waals surface area contributed by atoms with Gasteiger partial charge in [0.25, 0.3) is 0 Å². The van der Waals surface area contributed by atoms with Gasteiger partial charge in [-0.1, -0.05) is 32.0 Å². The van der Waals surface area contributed by atoms with E-state index >= 15 is 0 Å². The topological polar surface area (TPSA) is 34.2 Å². The number of hydrogen-bond acceptors (Lipinski definition) is 3. The normalized spacial score (nSPS) is 30.5. The average molecular weight is 282 g/mol. The monoisotopic (exact) mass is 282 g/mol. The fourth-order valence-electron chi connectivity index (χ4n) is 4.20. The first kappa shape index (κ1) is 13.1. The van der Waals surface area contributed by atoms with Gasteiger partial charge in [0.15, 0.2) is 0 Å². The van der Waals surface area contributed by atoms with Crippen LogP contribution in [0.15, 0.2) is 36.5 Å². The van der Waals surface area contributed by atoms with Crippen molar-refractivity contribution < 1.29 is 4.74 Å². The maximum absolute atomic E-state index is 5.99. The van der Waals surface area contributed by atoms with Crippen LogP contribution in [0.1, 0.15) is 26.7 Å². The second-order valence-corrected chi connectivity index (χ2v) is 6.92. The van der Waals surface area contributed by atoms with Crippen molar-refractivity contribution in [1.82, 2.24) is 4.98 Å². The lowest BCUT2D eigenvalue weighted by Crippen LogP contribution is -2.67. The predicted molar refractivity (Wildman–Crippen MR) is 85.4 cm³/mol. The van der Waals surface area contributed by atoms with Gasteiger partial charge in [-0.15, -0.1) is 0 Å². The first-order chi connectivity index (χ1) is 10.2. The highest BCUT2D eigenvalue weighted by Crippen LogP contribution is 2.52. The minimum atomic E-state index is 0.183. The molecule has 1 N–H and O–H groups in total. The molecule has 2 fully saturated rings. The van der Waals surface area contributed by atoms with Gasteiger partial charge in [0.05, 0.1) is 17.3 Å². The first-order valence-electron chi connectivity index (χ1n) is 7.90. The highest BCUT2D eigenvalue weighted by atomic mass is 16.5. The lowest BCUT2D eigenvalue weighted by Gasteiger charge is -2.60. The molecule has 3 heteroatoms. The zero-order valence-electron chi connectivity index (χ0n) is 12.7. The molecule has 3 nitrogen and oxygen atoms in total. The molecule has 1 aliphatic carbocycles. The van der Waals surface area contributed by atoms with Crippen molar-refractivity contribution in [2.75, 3.05) is 11.9 Å². The number of aromatic nitrogens is 1. The van der Waals surface area contributed by atoms with Crippen molar-refractivity contribution in [3.8, 4) is 0 Å². The third-order valence-electron chi connectivity index (χ3n) is 5.27. The summed E-state index contributed by atoms with van der Waals surface area (Å²) in [5, 5.41) is 4.96. The van der Waals surface area contributed by atoms with E-state index < -0.39 is 0 Å². The van der Waals surface area contributed by atoms with Crippen LogP contribution in [0.25, 0.3) is 10.9 Å². The molecule has 1 saturated carbocycles. The van der Waals surface area contributed by atoms with Crippen molar-refractivity contribution in [1.29, 1.82) is 0 Å². The van der Waals surface area contributed by atoms with Crippen molar-refractivity contribution in [2.24, 2.45) is 11.3 Å². The molecule has 1 saturated heterocycles. The fourth-order valence-corrected chi connectivity index (χ4v) is 4.20. The summed E-state index contributed by atoms with van der Waals surface area (Å²) in [4.78, 5) is 4.55. The number of hydrogen-bond donors (Lipinski definition) is 1. The van der Waals surface area contributed by atoms with Crippen LogP contribution in [-0.2, 0) is 4.74 Å². The zero-order chi connectivity index (χ0) is 14.4. The van der Waals surface area contributed by atoms with E-state index in [-0.39, 0.29) is 5.41 Å². The van der Waals surface area contributed by atoms with Crippen LogP contribution < -0.4 is 5.32 Å². The number of ether oxygens (including phenoxy) is 1. The maximum atomic E-state index is 5.99. The molecule has 1 aliphatic heterocycles. The van der Waals surface area contributed by atoms with Crippen LogP contribution in [0.4, 0.5) is 5.69 Å². The Labute approximate surface area is 125 Å². The molecule has 0 amide bonds. The second-order valence-electron chi connectivity index (χ2n) is 6.92. The molecule has 1 aromatic carbocycles. The van der Waals surface area contributed by atoms with Crippen LogP contribution >= 0.6 is 0 Å². The molecule has 2 aromatic rings. The minimum absolute atomic E-state index is 0.183. The Morgan fingerprint density at radius 1 is 1.24 bits per heavy atom. The molecule has 21 heavy (non-hydrogen) atoms. The predicted octanol–water partition coefficient (Wildman–Crippen LogP) is 3.85. The Morgan fingerprint density at radius 3 is 3.00 bits per heavy atom. The van der Waals surface area contributed by atoms with Gasteiger partial charge in [0.1, 0.15) is 0 Å². The van der Waals surface area contributed by atoms with E-state index in [1.807, 2.05) is 12.3 Å². The molecule has 3 atom stereocenters. The Morgan fingerprint density at radius 2 is 2.10 bits per heavy atom. The van der Waals surface area contributed by atoms with Crippen LogP contribution in [-0.4, -0.2) is 23.7 Å². The van der Waals surface area contributed by atoms with Crippen LogP contribution in [0.2, 0.25) is 0 Å². The molecule has 1 aromatic heterocycles. The zero-order valence-corrected chi connectivity index (χ0v) is 12.7. The third-order valence-corrected chi connectivity index (χ3v) is 5.27. The van der Waals surface area contributed by atoms with Crippen molar-refractivity contribution in [3.63, 3.8) is 0 Å². The van der Waals surface area contributed by atoms with E-state index in [0.717, 1.165) is 17.8 Å². The maximum Gasteiger partial charge on any atom is 0.0933 e. The minimum Gasteiger partial charge on any atom is -0.380 e. The van der Waals surface area contributed by atoms with Crippen molar-refractivity contribution in [2.45, 2.75) is 38.8 Å². The highest BCUT2D eigenvalue weighted by molar-refractivity contribution is 5.90. The molecule has 3 unspecified atom stereocenters. The quantitative estimate of drug-likeness (QED) is 0.908.